The minimum Gasteiger partial charge on any atom is -0.469 e. The lowest BCUT2D eigenvalue weighted by Crippen LogP contribution is -2.29. The van der Waals surface area contributed by atoms with Gasteiger partial charge >= 0.3 is 5.97 Å². The Morgan fingerprint density at radius 1 is 1.31 bits per heavy atom. The van der Waals surface area contributed by atoms with E-state index < -0.39 is 5.41 Å². The molecule has 1 fully saturated rings. The normalized spacial score (nSPS) is 25.6. The second-order valence-electron chi connectivity index (χ2n) is 7.62. The maximum Gasteiger partial charge on any atom is 0.305 e. The lowest BCUT2D eigenvalue weighted by atomic mass is 9.78. The van der Waals surface area contributed by atoms with Crippen LogP contribution in [0.15, 0.2) is 33.5 Å². The summed E-state index contributed by atoms with van der Waals surface area (Å²) in [6, 6.07) is 0. The Morgan fingerprint density at radius 3 is 2.58 bits per heavy atom. The molecule has 0 aromatic carbocycles. The molecule has 0 aliphatic heterocycles. The third-order valence-electron chi connectivity index (χ3n) is 5.50. The molecule has 0 spiro atoms. The van der Waals surface area contributed by atoms with E-state index >= 15 is 0 Å². The summed E-state index contributed by atoms with van der Waals surface area (Å²) in [5.41, 5.74) is 1.35. The van der Waals surface area contributed by atoms with Crippen molar-refractivity contribution in [2.75, 3.05) is 14.2 Å². The molecule has 4 nitrogen and oxygen atoms in total. The number of rotatable bonds is 5. The first-order valence-electron chi connectivity index (χ1n) is 9.55. The summed E-state index contributed by atoms with van der Waals surface area (Å²) in [6.07, 6.45) is 10.8. The zero-order chi connectivity index (χ0) is 19.2. The molecule has 0 aromatic rings. The average Bonchev–Trinajstić information content (AvgIpc) is 2.65. The predicted molar refractivity (Wildman–Crippen MR) is 104 cm³/mol. The summed E-state index contributed by atoms with van der Waals surface area (Å²) >= 11 is 0. The van der Waals surface area contributed by atoms with Crippen molar-refractivity contribution in [3.63, 3.8) is 0 Å². The highest BCUT2D eigenvalue weighted by atomic mass is 19.1. The van der Waals surface area contributed by atoms with Crippen molar-refractivity contribution in [1.82, 2.24) is 0 Å². The van der Waals surface area contributed by atoms with Gasteiger partial charge in [-0.1, -0.05) is 25.3 Å². The molecule has 0 N–H and O–H groups in total. The van der Waals surface area contributed by atoms with Crippen molar-refractivity contribution >= 4 is 17.5 Å². The number of hydrogen-bond acceptors (Lipinski definition) is 3. The fourth-order valence-corrected chi connectivity index (χ4v) is 3.94. The molecule has 26 heavy (non-hydrogen) atoms. The number of allylic oxidation sites excluding steroid dienone is 3. The number of ether oxygens (including phenoxy) is 1. The van der Waals surface area contributed by atoms with Crippen LogP contribution in [0, 0.1) is 11.3 Å². The molecular weight excluding hydrogens is 331 g/mol. The van der Waals surface area contributed by atoms with E-state index in [0.29, 0.717) is 31.0 Å². The van der Waals surface area contributed by atoms with Crippen molar-refractivity contribution < 1.29 is 13.9 Å². The van der Waals surface area contributed by atoms with Crippen LogP contribution in [0.5, 0.6) is 0 Å². The van der Waals surface area contributed by atoms with E-state index in [4.69, 9.17) is 9.73 Å². The molecule has 144 valence electrons. The Kier molecular flexibility index (Phi) is 7.30. The summed E-state index contributed by atoms with van der Waals surface area (Å²) < 4.78 is 18.6. The second-order valence-corrected chi connectivity index (χ2v) is 7.62. The minimum atomic E-state index is -0.417. The lowest BCUT2D eigenvalue weighted by molar-refractivity contribution is -0.140. The van der Waals surface area contributed by atoms with Gasteiger partial charge in [0, 0.05) is 18.2 Å². The standard InChI is InChI=1S/C21H31FN2O2/c1-15-14-21(2,13-12-17(15)22)20(23-3)24-18(10-11-19(25)26-4)16-8-6-5-7-9-16/h12-13,16H,5-11,14H2,1-4H3. The van der Waals surface area contributed by atoms with Gasteiger partial charge in [0.15, 0.2) is 0 Å². The van der Waals surface area contributed by atoms with E-state index in [9.17, 15) is 9.18 Å². The quantitative estimate of drug-likeness (QED) is 0.383. The van der Waals surface area contributed by atoms with Gasteiger partial charge in [-0.2, -0.15) is 0 Å². The van der Waals surface area contributed by atoms with Crippen molar-refractivity contribution in [3.05, 3.63) is 23.6 Å². The van der Waals surface area contributed by atoms with Crippen molar-refractivity contribution in [2.45, 2.75) is 65.2 Å². The highest BCUT2D eigenvalue weighted by molar-refractivity contribution is 6.03. The van der Waals surface area contributed by atoms with E-state index in [1.54, 1.807) is 7.05 Å². The number of nitrogens with zero attached hydrogens (tertiary/aromatic N) is 2. The molecule has 5 heteroatoms. The number of amidine groups is 1. The van der Waals surface area contributed by atoms with Crippen LogP contribution in [-0.2, 0) is 9.53 Å². The van der Waals surface area contributed by atoms with Crippen molar-refractivity contribution in [3.8, 4) is 0 Å². The van der Waals surface area contributed by atoms with Gasteiger partial charge < -0.3 is 4.74 Å². The van der Waals surface area contributed by atoms with Gasteiger partial charge in [0.1, 0.15) is 11.7 Å². The second kappa shape index (κ2) is 9.24. The Bertz CT molecular complexity index is 642. The number of methoxy groups -OCH3 is 1. The van der Waals surface area contributed by atoms with Crippen molar-refractivity contribution in [2.24, 2.45) is 21.3 Å². The summed E-state index contributed by atoms with van der Waals surface area (Å²) in [4.78, 5) is 21.0. The molecule has 2 aliphatic carbocycles. The Hall–Kier alpha value is -1.78. The molecule has 1 saturated carbocycles. The summed E-state index contributed by atoms with van der Waals surface area (Å²) in [5.74, 6) is 0.731. The van der Waals surface area contributed by atoms with Gasteiger partial charge in [0.25, 0.3) is 0 Å². The number of carbonyl (C=O) groups excluding carboxylic acids is 1. The van der Waals surface area contributed by atoms with E-state index in [2.05, 4.69) is 4.99 Å². The number of hydrogen-bond donors (Lipinski definition) is 0. The molecule has 2 rings (SSSR count). The summed E-state index contributed by atoms with van der Waals surface area (Å²) in [7, 11) is 3.15. The van der Waals surface area contributed by atoms with Gasteiger partial charge in [-0.15, -0.1) is 0 Å². The largest absolute Gasteiger partial charge is 0.469 e. The summed E-state index contributed by atoms with van der Waals surface area (Å²) in [6.45, 7) is 3.86. The molecule has 0 bridgehead atoms. The van der Waals surface area contributed by atoms with Gasteiger partial charge in [0.05, 0.1) is 13.5 Å². The smallest absolute Gasteiger partial charge is 0.305 e. The Balaban J connectivity index is 2.27. The fourth-order valence-electron chi connectivity index (χ4n) is 3.94. The molecule has 0 saturated heterocycles. The SMILES string of the molecule is CN=C(N=C(CCC(=O)OC)C1CCCCC1)C1(C)C=CC(F)=C(C)C1. The topological polar surface area (TPSA) is 51.0 Å². The monoisotopic (exact) mass is 362 g/mol. The number of esters is 1. The molecule has 0 radical (unpaired) electrons. The van der Waals surface area contributed by atoms with Gasteiger partial charge in [-0.05, 0) is 57.1 Å². The highest BCUT2D eigenvalue weighted by Crippen LogP contribution is 2.37. The zero-order valence-electron chi connectivity index (χ0n) is 16.5. The molecule has 0 heterocycles. The first kappa shape index (κ1) is 20.5. The van der Waals surface area contributed by atoms with Gasteiger partial charge in [0.2, 0.25) is 0 Å². The van der Waals surface area contributed by atoms with Crippen molar-refractivity contribution in [1.29, 1.82) is 0 Å². The van der Waals surface area contributed by atoms with Crippen LogP contribution < -0.4 is 0 Å². The fraction of sp³-hybridized carbons (Fsp3) is 0.667. The van der Waals surface area contributed by atoms with Crippen LogP contribution in [-0.4, -0.2) is 31.7 Å². The number of carbonyl (C=O) groups is 1. The lowest BCUT2D eigenvalue weighted by Gasteiger charge is -2.30. The average molecular weight is 362 g/mol. The number of halogens is 1. The third kappa shape index (κ3) is 5.12. The van der Waals surface area contributed by atoms with Gasteiger partial charge in [-0.3, -0.25) is 9.79 Å². The Labute approximate surface area is 156 Å². The van der Waals surface area contributed by atoms with E-state index in [1.165, 1.54) is 32.4 Å². The van der Waals surface area contributed by atoms with Crippen LogP contribution >= 0.6 is 0 Å². The zero-order valence-corrected chi connectivity index (χ0v) is 16.5. The third-order valence-corrected chi connectivity index (χ3v) is 5.50. The predicted octanol–water partition coefficient (Wildman–Crippen LogP) is 5.20. The van der Waals surface area contributed by atoms with Crippen LogP contribution in [0.3, 0.4) is 0 Å². The van der Waals surface area contributed by atoms with E-state index in [-0.39, 0.29) is 11.8 Å². The first-order chi connectivity index (χ1) is 12.4. The maximum atomic E-state index is 13.8. The van der Waals surface area contributed by atoms with Crippen LogP contribution in [0.4, 0.5) is 4.39 Å². The van der Waals surface area contributed by atoms with E-state index in [0.717, 1.165) is 24.1 Å². The molecule has 1 unspecified atom stereocenters. The van der Waals surface area contributed by atoms with E-state index in [1.807, 2.05) is 19.9 Å². The molecule has 0 aromatic heterocycles. The molecular formula is C21H31FN2O2. The van der Waals surface area contributed by atoms with Crippen LogP contribution in [0.1, 0.15) is 65.2 Å². The highest BCUT2D eigenvalue weighted by Gasteiger charge is 2.32. The van der Waals surface area contributed by atoms with Crippen LogP contribution in [0.25, 0.3) is 0 Å². The maximum absolute atomic E-state index is 13.8. The summed E-state index contributed by atoms with van der Waals surface area (Å²) in [5, 5.41) is 0. The molecule has 0 amide bonds. The molecule has 2 aliphatic rings. The van der Waals surface area contributed by atoms with Crippen LogP contribution in [0.2, 0.25) is 0 Å². The first-order valence-corrected chi connectivity index (χ1v) is 9.55. The minimum absolute atomic E-state index is 0.167. The number of aliphatic imine (C=N–C) groups is 2. The Morgan fingerprint density at radius 2 is 2.00 bits per heavy atom. The van der Waals surface area contributed by atoms with Gasteiger partial charge in [-0.25, -0.2) is 9.38 Å². The molecule has 1 atom stereocenters.